The average Bonchev–Trinajstić information content (AvgIpc) is 3.47. The van der Waals surface area contributed by atoms with Gasteiger partial charge in [-0.05, 0) is 51.7 Å². The number of thiol groups is 1. The monoisotopic (exact) mass is 439 g/mol. The molecule has 0 aromatic heterocycles. The predicted molar refractivity (Wildman–Crippen MR) is 112 cm³/mol. The largest absolute Gasteiger partial charge is 0.493 e. The van der Waals surface area contributed by atoms with Crippen molar-refractivity contribution >= 4 is 22.8 Å². The van der Waals surface area contributed by atoms with E-state index in [1.165, 1.54) is 18.2 Å². The zero-order chi connectivity index (χ0) is 22.3. The second-order valence-corrected chi connectivity index (χ2v) is 9.15. The fourth-order valence-electron chi connectivity index (χ4n) is 2.55. The van der Waals surface area contributed by atoms with Gasteiger partial charge in [0.05, 0.1) is 12.2 Å². The first-order valence-corrected chi connectivity index (χ1v) is 10.9. The molecule has 166 valence electrons. The van der Waals surface area contributed by atoms with Crippen LogP contribution in [0, 0.1) is 5.92 Å². The molecule has 0 aliphatic heterocycles. The first-order chi connectivity index (χ1) is 14.1. The van der Waals surface area contributed by atoms with Crippen LogP contribution in [0.4, 0.5) is 0 Å². The number of rotatable bonds is 11. The number of hydrogen-bond donors (Lipinski definition) is 1. The number of benzene rings is 1. The summed E-state index contributed by atoms with van der Waals surface area (Å²) in [5.74, 6) is -0.325. The number of hydrogen-bond acceptors (Lipinski definition) is 7. The number of carbonyl (C=O) groups is 2. The Kier molecular flexibility index (Phi) is 8.43. The SMILES string of the molecule is C=CCOC(=O)c1ccc(CN(CC(=O)OC(C)(C)C)[SH](=O)=O)c(OCC2CC2)c1. The third-order valence-electron chi connectivity index (χ3n) is 4.12. The van der Waals surface area contributed by atoms with Gasteiger partial charge < -0.3 is 14.2 Å². The van der Waals surface area contributed by atoms with Crippen molar-refractivity contribution in [3.8, 4) is 5.75 Å². The molecule has 1 aliphatic carbocycles. The minimum atomic E-state index is -3.04. The Hall–Kier alpha value is -2.39. The van der Waals surface area contributed by atoms with Crippen LogP contribution in [0.5, 0.6) is 5.75 Å². The molecule has 0 amide bonds. The van der Waals surface area contributed by atoms with Crippen LogP contribution in [0.2, 0.25) is 0 Å². The molecule has 0 saturated heterocycles. The van der Waals surface area contributed by atoms with Gasteiger partial charge in [-0.15, -0.1) is 0 Å². The van der Waals surface area contributed by atoms with Gasteiger partial charge in [0, 0.05) is 12.1 Å². The second-order valence-electron chi connectivity index (χ2n) is 8.11. The average molecular weight is 440 g/mol. The highest BCUT2D eigenvalue weighted by molar-refractivity contribution is 7.69. The first kappa shape index (κ1) is 23.9. The Morgan fingerprint density at radius 2 is 1.97 bits per heavy atom. The Morgan fingerprint density at radius 3 is 2.53 bits per heavy atom. The van der Waals surface area contributed by atoms with E-state index in [4.69, 9.17) is 14.2 Å². The lowest BCUT2D eigenvalue weighted by Gasteiger charge is -2.22. The number of ether oxygens (including phenoxy) is 3. The van der Waals surface area contributed by atoms with Crippen LogP contribution in [-0.2, 0) is 31.7 Å². The molecule has 1 fully saturated rings. The highest BCUT2D eigenvalue weighted by Gasteiger charge is 2.24. The molecule has 0 radical (unpaired) electrons. The summed E-state index contributed by atoms with van der Waals surface area (Å²) in [6, 6.07) is 4.68. The van der Waals surface area contributed by atoms with Gasteiger partial charge in [-0.2, -0.15) is 4.31 Å². The Bertz CT molecular complexity index is 845. The Morgan fingerprint density at radius 1 is 1.27 bits per heavy atom. The quantitative estimate of drug-likeness (QED) is 0.321. The van der Waals surface area contributed by atoms with Crippen molar-refractivity contribution in [3.63, 3.8) is 0 Å². The summed E-state index contributed by atoms with van der Waals surface area (Å²) < 4.78 is 40.5. The first-order valence-electron chi connectivity index (χ1n) is 9.74. The van der Waals surface area contributed by atoms with Crippen LogP contribution in [-0.4, -0.2) is 50.0 Å². The number of carbonyl (C=O) groups excluding carboxylic acids is 2. The van der Waals surface area contributed by atoms with Gasteiger partial charge in [0.2, 0.25) is 10.9 Å². The van der Waals surface area contributed by atoms with Crippen LogP contribution in [0.25, 0.3) is 0 Å². The van der Waals surface area contributed by atoms with E-state index in [0.717, 1.165) is 17.1 Å². The van der Waals surface area contributed by atoms with Crippen LogP contribution >= 0.6 is 0 Å². The number of esters is 2. The molecule has 0 spiro atoms. The zero-order valence-electron chi connectivity index (χ0n) is 17.6. The topological polar surface area (TPSA) is 99.2 Å². The second kappa shape index (κ2) is 10.6. The minimum absolute atomic E-state index is 0.0825. The van der Waals surface area contributed by atoms with Crippen molar-refractivity contribution in [1.29, 1.82) is 0 Å². The molecule has 0 bridgehead atoms. The van der Waals surface area contributed by atoms with Crippen molar-refractivity contribution < 1.29 is 32.2 Å². The molecule has 1 aliphatic rings. The van der Waals surface area contributed by atoms with Crippen molar-refractivity contribution in [2.45, 2.75) is 45.8 Å². The minimum Gasteiger partial charge on any atom is -0.493 e. The molecule has 8 nitrogen and oxygen atoms in total. The van der Waals surface area contributed by atoms with Crippen LogP contribution in [0.15, 0.2) is 30.9 Å². The summed E-state index contributed by atoms with van der Waals surface area (Å²) in [7, 11) is -3.04. The van der Waals surface area contributed by atoms with Gasteiger partial charge in [-0.25, -0.2) is 13.2 Å². The van der Waals surface area contributed by atoms with Crippen molar-refractivity contribution in [3.05, 3.63) is 42.0 Å². The lowest BCUT2D eigenvalue weighted by atomic mass is 10.1. The standard InChI is InChI=1S/C21H29NO7S/c1-5-10-27-20(24)16-8-9-17(18(11-16)28-14-15-6-7-15)12-22(30(25)26)13-19(23)29-21(2,3)4/h5,8-9,11,15,30H,1,6-7,10,12-14H2,2-4H3. The normalized spacial score (nSPS) is 13.9. The van der Waals surface area contributed by atoms with Crippen LogP contribution < -0.4 is 4.74 Å². The summed E-state index contributed by atoms with van der Waals surface area (Å²) in [6.45, 7) is 8.70. The summed E-state index contributed by atoms with van der Waals surface area (Å²) in [5.41, 5.74) is 0.110. The molecule has 30 heavy (non-hydrogen) atoms. The van der Waals surface area contributed by atoms with Crippen molar-refractivity contribution in [2.24, 2.45) is 5.92 Å². The van der Waals surface area contributed by atoms with E-state index >= 15 is 0 Å². The van der Waals surface area contributed by atoms with E-state index in [9.17, 15) is 18.0 Å². The summed E-state index contributed by atoms with van der Waals surface area (Å²) in [6.07, 6.45) is 3.62. The van der Waals surface area contributed by atoms with Gasteiger partial charge in [-0.1, -0.05) is 18.7 Å². The van der Waals surface area contributed by atoms with E-state index in [0.29, 0.717) is 23.8 Å². The van der Waals surface area contributed by atoms with E-state index in [1.807, 2.05) is 0 Å². The van der Waals surface area contributed by atoms with Crippen molar-refractivity contribution in [2.75, 3.05) is 19.8 Å². The maximum atomic E-state index is 12.1. The lowest BCUT2D eigenvalue weighted by Crippen LogP contribution is -2.34. The lowest BCUT2D eigenvalue weighted by molar-refractivity contribution is -0.155. The Balaban J connectivity index is 2.19. The molecule has 2 rings (SSSR count). The zero-order valence-corrected chi connectivity index (χ0v) is 18.5. The molecule has 1 aromatic rings. The summed E-state index contributed by atoms with van der Waals surface area (Å²) in [4.78, 5) is 24.2. The molecule has 0 heterocycles. The molecular weight excluding hydrogens is 410 g/mol. The molecule has 0 unspecified atom stereocenters. The number of nitrogens with zero attached hydrogens (tertiary/aromatic N) is 1. The predicted octanol–water partition coefficient (Wildman–Crippen LogP) is 2.49. The van der Waals surface area contributed by atoms with E-state index in [2.05, 4.69) is 6.58 Å². The molecule has 9 heteroatoms. The van der Waals surface area contributed by atoms with Gasteiger partial charge in [0.15, 0.2) is 0 Å². The van der Waals surface area contributed by atoms with Gasteiger partial charge in [0.1, 0.15) is 24.5 Å². The molecular formula is C21H29NO7S. The third-order valence-corrected chi connectivity index (χ3v) is 4.87. The highest BCUT2D eigenvalue weighted by Crippen LogP contribution is 2.31. The van der Waals surface area contributed by atoms with Crippen LogP contribution in [0.1, 0.15) is 49.5 Å². The van der Waals surface area contributed by atoms with Gasteiger partial charge >= 0.3 is 11.9 Å². The fraction of sp³-hybridized carbons (Fsp3) is 0.524. The maximum Gasteiger partial charge on any atom is 0.338 e. The van der Waals surface area contributed by atoms with Crippen molar-refractivity contribution in [1.82, 2.24) is 4.31 Å². The summed E-state index contributed by atoms with van der Waals surface area (Å²) >= 11 is 0. The van der Waals surface area contributed by atoms with E-state index in [-0.39, 0.29) is 18.7 Å². The smallest absolute Gasteiger partial charge is 0.338 e. The summed E-state index contributed by atoms with van der Waals surface area (Å²) in [5, 5.41) is 0. The molecule has 1 aromatic carbocycles. The highest BCUT2D eigenvalue weighted by atomic mass is 32.2. The third kappa shape index (κ3) is 8.16. The van der Waals surface area contributed by atoms with Gasteiger partial charge in [-0.3, -0.25) is 4.79 Å². The fourth-order valence-corrected chi connectivity index (χ4v) is 3.05. The van der Waals surface area contributed by atoms with Crippen LogP contribution in [0.3, 0.4) is 0 Å². The Labute approximate surface area is 178 Å². The van der Waals surface area contributed by atoms with E-state index < -0.39 is 35.0 Å². The maximum absolute atomic E-state index is 12.1. The molecule has 1 saturated carbocycles. The molecule has 0 atom stereocenters. The molecule has 0 N–H and O–H groups in total. The van der Waals surface area contributed by atoms with E-state index in [1.54, 1.807) is 26.8 Å². The van der Waals surface area contributed by atoms with Gasteiger partial charge in [0.25, 0.3) is 0 Å².